The average Bonchev–Trinajstić information content (AvgIpc) is 2.94. The maximum Gasteiger partial charge on any atom is 0.248 e. The van der Waals surface area contributed by atoms with Gasteiger partial charge in [-0.25, -0.2) is 0 Å². The molecule has 0 aromatic heterocycles. The van der Waals surface area contributed by atoms with Crippen molar-refractivity contribution >= 4 is 11.6 Å². The normalized spacial score (nSPS) is 18.9. The van der Waals surface area contributed by atoms with E-state index < -0.39 is 0 Å². The van der Waals surface area contributed by atoms with Gasteiger partial charge in [-0.05, 0) is 35.2 Å². The summed E-state index contributed by atoms with van der Waals surface area (Å²) in [5.74, 6) is -0.358. The van der Waals surface area contributed by atoms with Crippen LogP contribution < -0.4 is 10.6 Å². The number of carbonyl (C=O) groups excluding carboxylic acids is 1. The lowest BCUT2D eigenvalue weighted by Crippen LogP contribution is -2.17. The molecule has 3 heteroatoms. The number of nitrogens with two attached hydrogens (primary N) is 1. The van der Waals surface area contributed by atoms with Crippen molar-refractivity contribution in [3.05, 3.63) is 64.7 Å². The molecule has 2 aliphatic rings. The Hall–Kier alpha value is -2.29. The predicted molar refractivity (Wildman–Crippen MR) is 74.0 cm³/mol. The van der Waals surface area contributed by atoms with Gasteiger partial charge in [0.15, 0.2) is 0 Å². The summed E-state index contributed by atoms with van der Waals surface area (Å²) in [4.78, 5) is 13.7. The molecule has 1 unspecified atom stereocenters. The van der Waals surface area contributed by atoms with Gasteiger partial charge in [0.2, 0.25) is 5.91 Å². The number of fused-ring (bicyclic) bond motifs is 5. The van der Waals surface area contributed by atoms with Crippen LogP contribution >= 0.6 is 0 Å². The van der Waals surface area contributed by atoms with E-state index in [0.717, 1.165) is 18.7 Å². The number of rotatable bonds is 1. The minimum Gasteiger partial charge on any atom is -0.366 e. The molecule has 0 spiro atoms. The summed E-state index contributed by atoms with van der Waals surface area (Å²) in [7, 11) is 0. The summed E-state index contributed by atoms with van der Waals surface area (Å²) < 4.78 is 0. The van der Waals surface area contributed by atoms with E-state index in [1.54, 1.807) is 0 Å². The van der Waals surface area contributed by atoms with E-state index in [1.807, 2.05) is 18.2 Å². The number of hydrogen-bond donors (Lipinski definition) is 1. The topological polar surface area (TPSA) is 46.3 Å². The molecule has 0 saturated carbocycles. The van der Waals surface area contributed by atoms with Crippen molar-refractivity contribution in [2.45, 2.75) is 19.0 Å². The van der Waals surface area contributed by atoms with E-state index in [-0.39, 0.29) is 5.91 Å². The number of carbonyl (C=O) groups is 1. The first-order valence-corrected chi connectivity index (χ1v) is 6.51. The molecule has 2 N–H and O–H groups in total. The van der Waals surface area contributed by atoms with Crippen molar-refractivity contribution in [1.29, 1.82) is 0 Å². The molecule has 2 aliphatic heterocycles. The van der Waals surface area contributed by atoms with Gasteiger partial charge in [-0.15, -0.1) is 0 Å². The van der Waals surface area contributed by atoms with Crippen molar-refractivity contribution < 1.29 is 4.79 Å². The molecular formula is C16H14N2O. The Bertz CT molecular complexity index is 693. The molecule has 2 heterocycles. The third-order valence-electron chi connectivity index (χ3n) is 4.22. The molecule has 94 valence electrons. The van der Waals surface area contributed by atoms with Crippen LogP contribution in [0.15, 0.2) is 42.5 Å². The zero-order chi connectivity index (χ0) is 13.0. The molecule has 3 nitrogen and oxygen atoms in total. The van der Waals surface area contributed by atoms with E-state index in [9.17, 15) is 4.79 Å². The second-order valence-electron chi connectivity index (χ2n) is 5.25. The van der Waals surface area contributed by atoms with Gasteiger partial charge in [0.1, 0.15) is 0 Å². The Morgan fingerprint density at radius 3 is 2.84 bits per heavy atom. The minimum atomic E-state index is -0.358. The fraction of sp³-hybridized carbons (Fsp3) is 0.188. The largest absolute Gasteiger partial charge is 0.366 e. The average molecular weight is 250 g/mol. The highest BCUT2D eigenvalue weighted by molar-refractivity contribution is 5.94. The lowest BCUT2D eigenvalue weighted by Gasteiger charge is -2.19. The van der Waals surface area contributed by atoms with Crippen molar-refractivity contribution in [3.8, 4) is 0 Å². The van der Waals surface area contributed by atoms with Crippen LogP contribution in [0.25, 0.3) is 0 Å². The Labute approximate surface area is 111 Å². The van der Waals surface area contributed by atoms with Crippen molar-refractivity contribution in [3.63, 3.8) is 0 Å². The summed E-state index contributed by atoms with van der Waals surface area (Å²) >= 11 is 0. The first kappa shape index (κ1) is 10.6. The van der Waals surface area contributed by atoms with Gasteiger partial charge < -0.3 is 10.6 Å². The van der Waals surface area contributed by atoms with Crippen LogP contribution in [-0.4, -0.2) is 5.91 Å². The summed E-state index contributed by atoms with van der Waals surface area (Å²) in [6, 6.07) is 14.8. The number of benzene rings is 2. The van der Waals surface area contributed by atoms with Crippen LogP contribution in [0.5, 0.6) is 0 Å². The molecule has 2 aromatic rings. The molecule has 2 aromatic carbocycles. The second kappa shape index (κ2) is 3.60. The molecule has 4 rings (SSSR count). The molecule has 0 aliphatic carbocycles. The molecule has 0 radical (unpaired) electrons. The minimum absolute atomic E-state index is 0.358. The summed E-state index contributed by atoms with van der Waals surface area (Å²) in [5.41, 5.74) is 11.2. The second-order valence-corrected chi connectivity index (χ2v) is 5.25. The smallest absolute Gasteiger partial charge is 0.248 e. The molecule has 1 atom stereocenters. The van der Waals surface area contributed by atoms with E-state index in [2.05, 4.69) is 29.2 Å². The molecule has 0 saturated heterocycles. The Morgan fingerprint density at radius 1 is 1.16 bits per heavy atom. The third-order valence-corrected chi connectivity index (χ3v) is 4.22. The highest BCUT2D eigenvalue weighted by Crippen LogP contribution is 2.46. The number of nitrogens with zero attached hydrogens (tertiary/aromatic N) is 1. The Kier molecular flexibility index (Phi) is 2.01. The number of primary amides is 1. The number of amides is 1. The van der Waals surface area contributed by atoms with Gasteiger partial charge in [0.05, 0.1) is 6.04 Å². The first-order valence-electron chi connectivity index (χ1n) is 6.51. The highest BCUT2D eigenvalue weighted by Gasteiger charge is 2.36. The van der Waals surface area contributed by atoms with Gasteiger partial charge >= 0.3 is 0 Å². The van der Waals surface area contributed by atoms with Crippen molar-refractivity contribution in [2.24, 2.45) is 5.73 Å². The molecule has 0 bridgehead atoms. The maximum absolute atomic E-state index is 11.3. The third kappa shape index (κ3) is 1.41. The van der Waals surface area contributed by atoms with E-state index in [1.165, 1.54) is 16.7 Å². The Morgan fingerprint density at radius 2 is 2.00 bits per heavy atom. The predicted octanol–water partition coefficient (Wildman–Crippen LogP) is 2.40. The quantitative estimate of drug-likeness (QED) is 0.844. The van der Waals surface area contributed by atoms with Gasteiger partial charge in [-0.3, -0.25) is 4.79 Å². The fourth-order valence-electron chi connectivity index (χ4n) is 3.30. The SMILES string of the molecule is NC(=O)c1ccc2c(c1)N1Cc3ccccc3C1C2. The zero-order valence-corrected chi connectivity index (χ0v) is 10.5. The Balaban J connectivity index is 1.81. The summed E-state index contributed by atoms with van der Waals surface area (Å²) in [6.45, 7) is 0.927. The van der Waals surface area contributed by atoms with Crippen molar-refractivity contribution in [2.75, 3.05) is 4.90 Å². The lowest BCUT2D eigenvalue weighted by molar-refractivity contribution is 0.100. The standard InChI is InChI=1S/C16H14N2O/c17-16(19)11-6-5-10-7-15-13-4-2-1-3-12(13)9-18(15)14(10)8-11/h1-6,8,15H,7,9H2,(H2,17,19). The maximum atomic E-state index is 11.3. The van der Waals surface area contributed by atoms with Crippen molar-refractivity contribution in [1.82, 2.24) is 0 Å². The van der Waals surface area contributed by atoms with Gasteiger partial charge in [-0.2, -0.15) is 0 Å². The van der Waals surface area contributed by atoms with Crippen LogP contribution in [-0.2, 0) is 13.0 Å². The number of hydrogen-bond acceptors (Lipinski definition) is 2. The van der Waals surface area contributed by atoms with Crippen LogP contribution in [0.3, 0.4) is 0 Å². The zero-order valence-electron chi connectivity index (χ0n) is 10.5. The highest BCUT2D eigenvalue weighted by atomic mass is 16.1. The molecule has 19 heavy (non-hydrogen) atoms. The van der Waals surface area contributed by atoms with Crippen LogP contribution in [0.4, 0.5) is 5.69 Å². The molecule has 1 amide bonds. The van der Waals surface area contributed by atoms with Gasteiger partial charge in [0, 0.05) is 17.8 Å². The lowest BCUT2D eigenvalue weighted by atomic mass is 10.00. The summed E-state index contributed by atoms with van der Waals surface area (Å²) in [6.07, 6.45) is 1.02. The van der Waals surface area contributed by atoms with E-state index in [0.29, 0.717) is 11.6 Å². The number of anilines is 1. The summed E-state index contributed by atoms with van der Waals surface area (Å²) in [5, 5.41) is 0. The van der Waals surface area contributed by atoms with Gasteiger partial charge in [0.25, 0.3) is 0 Å². The fourth-order valence-corrected chi connectivity index (χ4v) is 3.30. The first-order chi connectivity index (χ1) is 9.24. The molecule has 0 fully saturated rings. The van der Waals surface area contributed by atoms with Crippen LogP contribution in [0.2, 0.25) is 0 Å². The van der Waals surface area contributed by atoms with E-state index >= 15 is 0 Å². The van der Waals surface area contributed by atoms with E-state index in [4.69, 9.17) is 5.73 Å². The monoisotopic (exact) mass is 250 g/mol. The molecular weight excluding hydrogens is 236 g/mol. The van der Waals surface area contributed by atoms with Crippen LogP contribution in [0, 0.1) is 0 Å². The van der Waals surface area contributed by atoms with Gasteiger partial charge in [-0.1, -0.05) is 30.3 Å². The van der Waals surface area contributed by atoms with Crippen LogP contribution in [0.1, 0.15) is 33.1 Å².